The van der Waals surface area contributed by atoms with E-state index < -0.39 is 11.9 Å². The molecule has 6 nitrogen and oxygen atoms in total. The van der Waals surface area contributed by atoms with Crippen molar-refractivity contribution in [1.82, 2.24) is 10.2 Å². The Morgan fingerprint density at radius 3 is 2.44 bits per heavy atom. The number of carbonyl (C=O) groups excluding carboxylic acids is 2. The number of amides is 3. The van der Waals surface area contributed by atoms with Gasteiger partial charge >= 0.3 is 6.03 Å². The molecular weight excluding hydrogens is 520 g/mol. The second-order valence-corrected chi connectivity index (χ2v) is 8.76. The van der Waals surface area contributed by atoms with E-state index in [1.807, 2.05) is 61.5 Å². The smallest absolute Gasteiger partial charge is 0.329 e. The van der Waals surface area contributed by atoms with E-state index in [2.05, 4.69) is 21.2 Å². The van der Waals surface area contributed by atoms with Gasteiger partial charge in [0.05, 0.1) is 13.2 Å². The van der Waals surface area contributed by atoms with E-state index in [0.29, 0.717) is 33.2 Å². The number of carbonyl (C=O) groups is 2. The maximum atomic E-state index is 12.9. The summed E-state index contributed by atoms with van der Waals surface area (Å²) in [7, 11) is 0. The molecular formula is C26H22BrClN2O4. The van der Waals surface area contributed by atoms with E-state index in [1.165, 1.54) is 4.90 Å². The van der Waals surface area contributed by atoms with Gasteiger partial charge in [-0.05, 0) is 42.3 Å². The van der Waals surface area contributed by atoms with Crippen molar-refractivity contribution in [3.8, 4) is 11.5 Å². The van der Waals surface area contributed by atoms with Crippen molar-refractivity contribution in [1.29, 1.82) is 0 Å². The van der Waals surface area contributed by atoms with Crippen LogP contribution in [0.5, 0.6) is 11.5 Å². The van der Waals surface area contributed by atoms with Crippen LogP contribution in [0.3, 0.4) is 0 Å². The number of ether oxygens (including phenoxy) is 2. The van der Waals surface area contributed by atoms with Crippen LogP contribution in [0.1, 0.15) is 23.6 Å². The lowest BCUT2D eigenvalue weighted by Gasteiger charge is -2.15. The van der Waals surface area contributed by atoms with E-state index in [0.717, 1.165) is 11.1 Å². The largest absolute Gasteiger partial charge is 0.490 e. The van der Waals surface area contributed by atoms with Crippen molar-refractivity contribution >= 4 is 45.5 Å². The first-order chi connectivity index (χ1) is 16.5. The zero-order valence-electron chi connectivity index (χ0n) is 18.4. The van der Waals surface area contributed by atoms with E-state index in [-0.39, 0.29) is 18.8 Å². The second-order valence-electron chi connectivity index (χ2n) is 7.50. The van der Waals surface area contributed by atoms with Crippen LogP contribution >= 0.6 is 27.5 Å². The van der Waals surface area contributed by atoms with Crippen LogP contribution in [0, 0.1) is 0 Å². The summed E-state index contributed by atoms with van der Waals surface area (Å²) in [4.78, 5) is 26.5. The summed E-state index contributed by atoms with van der Waals surface area (Å²) < 4.78 is 12.4. The lowest BCUT2D eigenvalue weighted by Crippen LogP contribution is -2.30. The molecule has 1 aliphatic rings. The summed E-state index contributed by atoms with van der Waals surface area (Å²) in [6.07, 6.45) is 1.62. The standard InChI is InChI=1S/C26H22BrClN2O4/c1-2-33-23-13-19(20(27)14-24(23)34-16-18-10-6-7-11-21(18)28)12-22-25(31)30(26(32)29-22)15-17-8-4-3-5-9-17/h3-14H,2,15-16H2,1H3,(H,29,32)/b22-12+. The highest BCUT2D eigenvalue weighted by molar-refractivity contribution is 9.10. The summed E-state index contributed by atoms with van der Waals surface area (Å²) in [6, 6.07) is 19.9. The second kappa shape index (κ2) is 10.8. The van der Waals surface area contributed by atoms with Gasteiger partial charge in [0, 0.05) is 15.1 Å². The Morgan fingerprint density at radius 2 is 1.71 bits per heavy atom. The molecule has 8 heteroatoms. The van der Waals surface area contributed by atoms with Crippen molar-refractivity contribution in [3.63, 3.8) is 0 Å². The van der Waals surface area contributed by atoms with Crippen molar-refractivity contribution in [2.24, 2.45) is 0 Å². The van der Waals surface area contributed by atoms with Crippen LogP contribution in [-0.2, 0) is 17.9 Å². The van der Waals surface area contributed by atoms with Crippen molar-refractivity contribution in [2.45, 2.75) is 20.1 Å². The number of nitrogens with zero attached hydrogens (tertiary/aromatic N) is 1. The molecule has 1 N–H and O–H groups in total. The first-order valence-corrected chi connectivity index (χ1v) is 11.8. The van der Waals surface area contributed by atoms with Gasteiger partial charge in [-0.3, -0.25) is 9.69 Å². The summed E-state index contributed by atoms with van der Waals surface area (Å²) in [5.74, 6) is 0.656. The van der Waals surface area contributed by atoms with Gasteiger partial charge in [-0.25, -0.2) is 4.79 Å². The summed E-state index contributed by atoms with van der Waals surface area (Å²) >= 11 is 9.77. The molecule has 0 aliphatic carbocycles. The third-order valence-electron chi connectivity index (χ3n) is 5.15. The number of rotatable bonds is 8. The molecule has 0 unspecified atom stereocenters. The van der Waals surface area contributed by atoms with Gasteiger partial charge in [0.2, 0.25) is 0 Å². The van der Waals surface area contributed by atoms with Gasteiger partial charge in [-0.1, -0.05) is 76.1 Å². The highest BCUT2D eigenvalue weighted by Crippen LogP contribution is 2.36. The van der Waals surface area contributed by atoms with Crippen LogP contribution in [0.15, 0.2) is 76.9 Å². The topological polar surface area (TPSA) is 67.9 Å². The predicted molar refractivity (Wildman–Crippen MR) is 135 cm³/mol. The fourth-order valence-electron chi connectivity index (χ4n) is 3.45. The van der Waals surface area contributed by atoms with Crippen molar-refractivity contribution in [2.75, 3.05) is 6.61 Å². The molecule has 4 rings (SSSR count). The number of imide groups is 1. The molecule has 174 valence electrons. The van der Waals surface area contributed by atoms with Crippen LogP contribution in [0.4, 0.5) is 4.79 Å². The number of hydrogen-bond acceptors (Lipinski definition) is 4. The average Bonchev–Trinajstić information content (AvgIpc) is 3.09. The minimum absolute atomic E-state index is 0.189. The Morgan fingerprint density at radius 1 is 1.00 bits per heavy atom. The summed E-state index contributed by atoms with van der Waals surface area (Å²) in [5.41, 5.74) is 2.58. The zero-order chi connectivity index (χ0) is 24.1. The van der Waals surface area contributed by atoms with E-state index in [4.69, 9.17) is 21.1 Å². The Kier molecular flexibility index (Phi) is 7.55. The van der Waals surface area contributed by atoms with E-state index in [9.17, 15) is 9.59 Å². The minimum atomic E-state index is -0.457. The Labute approximate surface area is 211 Å². The highest BCUT2D eigenvalue weighted by Gasteiger charge is 2.33. The summed E-state index contributed by atoms with van der Waals surface area (Å²) in [6.45, 7) is 2.78. The monoisotopic (exact) mass is 540 g/mol. The number of urea groups is 1. The fraction of sp³-hybridized carbons (Fsp3) is 0.154. The maximum absolute atomic E-state index is 12.9. The summed E-state index contributed by atoms with van der Waals surface area (Å²) in [5, 5.41) is 3.28. The molecule has 1 fully saturated rings. The van der Waals surface area contributed by atoms with Gasteiger partial charge in [0.25, 0.3) is 5.91 Å². The molecule has 1 saturated heterocycles. The zero-order valence-corrected chi connectivity index (χ0v) is 20.7. The molecule has 0 radical (unpaired) electrons. The van der Waals surface area contributed by atoms with Gasteiger partial charge in [-0.15, -0.1) is 0 Å². The molecule has 0 atom stereocenters. The SMILES string of the molecule is CCOc1cc(/C=C2/NC(=O)N(Cc3ccccc3)C2=O)c(Br)cc1OCc1ccccc1Cl. The molecule has 1 heterocycles. The normalized spacial score (nSPS) is 14.4. The van der Waals surface area contributed by atoms with Gasteiger partial charge in [0.15, 0.2) is 11.5 Å². The lowest BCUT2D eigenvalue weighted by atomic mass is 10.1. The third-order valence-corrected chi connectivity index (χ3v) is 6.21. The number of hydrogen-bond donors (Lipinski definition) is 1. The van der Waals surface area contributed by atoms with Crippen LogP contribution in [0.2, 0.25) is 5.02 Å². The first kappa shape index (κ1) is 23.9. The van der Waals surface area contributed by atoms with Gasteiger partial charge in [0.1, 0.15) is 12.3 Å². The minimum Gasteiger partial charge on any atom is -0.490 e. The predicted octanol–water partition coefficient (Wildman–Crippen LogP) is 6.17. The van der Waals surface area contributed by atoms with E-state index >= 15 is 0 Å². The van der Waals surface area contributed by atoms with Gasteiger partial charge in [-0.2, -0.15) is 0 Å². The van der Waals surface area contributed by atoms with Crippen molar-refractivity contribution in [3.05, 3.63) is 98.6 Å². The maximum Gasteiger partial charge on any atom is 0.329 e. The Balaban J connectivity index is 1.56. The van der Waals surface area contributed by atoms with Crippen LogP contribution in [-0.4, -0.2) is 23.4 Å². The Hall–Kier alpha value is -3.29. The molecule has 0 bridgehead atoms. The molecule has 0 aromatic heterocycles. The molecule has 34 heavy (non-hydrogen) atoms. The molecule has 3 amide bonds. The molecule has 3 aromatic rings. The quantitative estimate of drug-likeness (QED) is 0.273. The number of halogens is 2. The molecule has 0 spiro atoms. The van der Waals surface area contributed by atoms with Crippen LogP contribution in [0.25, 0.3) is 6.08 Å². The fourth-order valence-corrected chi connectivity index (χ4v) is 4.08. The lowest BCUT2D eigenvalue weighted by molar-refractivity contribution is -0.123. The number of benzene rings is 3. The number of nitrogens with one attached hydrogen (secondary N) is 1. The third kappa shape index (κ3) is 5.43. The molecule has 3 aromatic carbocycles. The van der Waals surface area contributed by atoms with Gasteiger partial charge < -0.3 is 14.8 Å². The molecule has 0 saturated carbocycles. The van der Waals surface area contributed by atoms with E-state index in [1.54, 1.807) is 18.2 Å². The molecule has 1 aliphatic heterocycles. The van der Waals surface area contributed by atoms with Crippen LogP contribution < -0.4 is 14.8 Å². The Bertz CT molecular complexity index is 1250. The highest BCUT2D eigenvalue weighted by atomic mass is 79.9. The average molecular weight is 542 g/mol. The first-order valence-electron chi connectivity index (χ1n) is 10.7. The van der Waals surface area contributed by atoms with Crippen molar-refractivity contribution < 1.29 is 19.1 Å².